The van der Waals surface area contributed by atoms with Gasteiger partial charge in [0, 0.05) is 19.4 Å². The summed E-state index contributed by atoms with van der Waals surface area (Å²) in [7, 11) is 0. The first-order valence-corrected chi connectivity index (χ1v) is 10.5. The quantitative estimate of drug-likeness (QED) is 0.313. The third-order valence-corrected chi connectivity index (χ3v) is 5.82. The van der Waals surface area contributed by atoms with Gasteiger partial charge >= 0.3 is 17.9 Å². The number of thioether (sulfide) groups is 1. The molecular formula is C21H20N2O9S. The number of carboxylic acids is 1. The van der Waals surface area contributed by atoms with E-state index in [2.05, 4.69) is 5.32 Å². The molecule has 1 saturated heterocycles. The minimum absolute atomic E-state index is 0.00858. The third kappa shape index (κ3) is 5.52. The summed E-state index contributed by atoms with van der Waals surface area (Å²) in [6.07, 6.45) is 1.03. The number of hydrogen-bond acceptors (Lipinski definition) is 9. The van der Waals surface area contributed by atoms with Crippen molar-refractivity contribution in [2.24, 2.45) is 0 Å². The monoisotopic (exact) mass is 476 g/mol. The van der Waals surface area contributed by atoms with Gasteiger partial charge in [0.25, 0.3) is 11.8 Å². The highest BCUT2D eigenvalue weighted by atomic mass is 32.2. The van der Waals surface area contributed by atoms with Crippen molar-refractivity contribution in [3.63, 3.8) is 0 Å². The molecule has 1 unspecified atom stereocenters. The lowest BCUT2D eigenvalue weighted by atomic mass is 10.0. The van der Waals surface area contributed by atoms with Crippen molar-refractivity contribution in [1.29, 1.82) is 0 Å². The molecule has 33 heavy (non-hydrogen) atoms. The van der Waals surface area contributed by atoms with Crippen molar-refractivity contribution in [1.82, 2.24) is 10.2 Å². The average Bonchev–Trinajstić information content (AvgIpc) is 2.78. The molecule has 174 valence electrons. The number of benzene rings is 1. The van der Waals surface area contributed by atoms with Gasteiger partial charge in [-0.2, -0.15) is 0 Å². The van der Waals surface area contributed by atoms with Crippen LogP contribution in [0.1, 0.15) is 13.8 Å². The number of ether oxygens (including phenoxy) is 3. The standard InChI is InChI=1S/C21H20N2O9S/c1-11(24)30-8-14-15(9-31-12(2)25)33-20-17(19(27)23(20)18(14)21(28)29)22-16(26)10-32-13-6-4-3-5-7-13/h3-7,9,17,20H,8,10H2,1-2H3,(H,22,26)(H,28,29)/t17?,20-/m1/s1. The molecule has 3 rings (SSSR count). The molecule has 1 aromatic carbocycles. The summed E-state index contributed by atoms with van der Waals surface area (Å²) in [6, 6.07) is 7.57. The lowest BCUT2D eigenvalue weighted by molar-refractivity contribution is -0.151. The smallest absolute Gasteiger partial charge is 0.353 e. The van der Waals surface area contributed by atoms with Crippen molar-refractivity contribution in [2.75, 3.05) is 13.2 Å². The molecule has 2 aliphatic rings. The fourth-order valence-electron chi connectivity index (χ4n) is 3.08. The van der Waals surface area contributed by atoms with Crippen molar-refractivity contribution in [2.45, 2.75) is 25.3 Å². The number of rotatable bonds is 8. The van der Waals surface area contributed by atoms with Crippen LogP contribution in [-0.4, -0.2) is 64.4 Å². The number of esters is 2. The second kappa shape index (κ2) is 10.2. The first-order chi connectivity index (χ1) is 15.7. The molecule has 1 fully saturated rings. The molecule has 0 saturated carbocycles. The molecule has 0 radical (unpaired) electrons. The number of carbonyl (C=O) groups excluding carboxylic acids is 4. The number of carboxylic acid groups (broad SMARTS) is 1. The van der Waals surface area contributed by atoms with E-state index in [1.165, 1.54) is 0 Å². The number of hydrogen-bond donors (Lipinski definition) is 2. The number of amides is 2. The number of nitrogens with zero attached hydrogens (tertiary/aromatic N) is 1. The third-order valence-electron chi connectivity index (χ3n) is 4.50. The predicted octanol–water partition coefficient (Wildman–Crippen LogP) is 0.772. The molecule has 2 aliphatic heterocycles. The molecule has 1 aromatic rings. The predicted molar refractivity (Wildman–Crippen MR) is 113 cm³/mol. The van der Waals surface area contributed by atoms with Gasteiger partial charge < -0.3 is 24.6 Å². The zero-order valence-electron chi connectivity index (χ0n) is 17.6. The van der Waals surface area contributed by atoms with E-state index in [9.17, 15) is 29.1 Å². The van der Waals surface area contributed by atoms with Crippen molar-refractivity contribution >= 4 is 41.5 Å². The Bertz CT molecular complexity index is 1050. The molecular weight excluding hydrogens is 456 g/mol. The van der Waals surface area contributed by atoms with Gasteiger partial charge in [-0.3, -0.25) is 24.1 Å². The van der Waals surface area contributed by atoms with Crippen LogP contribution in [0.2, 0.25) is 0 Å². The second-order valence-electron chi connectivity index (χ2n) is 6.87. The van der Waals surface area contributed by atoms with Crippen molar-refractivity contribution < 1.29 is 43.3 Å². The normalized spacial score (nSPS) is 20.5. The van der Waals surface area contributed by atoms with Gasteiger partial charge in [0.1, 0.15) is 35.7 Å². The number of nitrogens with one attached hydrogen (secondary N) is 1. The Morgan fingerprint density at radius 1 is 1.15 bits per heavy atom. The van der Waals surface area contributed by atoms with Crippen LogP contribution in [0.25, 0.3) is 0 Å². The summed E-state index contributed by atoms with van der Waals surface area (Å²) in [4.78, 5) is 60.7. The van der Waals surface area contributed by atoms with E-state index in [1.54, 1.807) is 30.3 Å². The van der Waals surface area contributed by atoms with E-state index in [0.29, 0.717) is 5.75 Å². The van der Waals surface area contributed by atoms with Crippen LogP contribution in [0, 0.1) is 0 Å². The SMILES string of the molecule is CC(=O)OC=C1S[C@@H]2C(NC(=O)COc3ccccc3)C(=O)N2C(C(=O)O)=C1COC(C)=O. The maximum Gasteiger partial charge on any atom is 0.353 e. The molecule has 2 atom stereocenters. The Balaban J connectivity index is 1.80. The maximum atomic E-state index is 12.7. The Labute approximate surface area is 192 Å². The fraction of sp³-hybridized carbons (Fsp3) is 0.286. The first-order valence-electron chi connectivity index (χ1n) is 9.63. The van der Waals surface area contributed by atoms with Crippen LogP contribution in [-0.2, 0) is 33.4 Å². The lowest BCUT2D eigenvalue weighted by Gasteiger charge is -2.49. The highest BCUT2D eigenvalue weighted by molar-refractivity contribution is 8.04. The van der Waals surface area contributed by atoms with E-state index in [-0.39, 0.29) is 17.1 Å². The van der Waals surface area contributed by atoms with Gasteiger partial charge in [-0.05, 0) is 12.1 Å². The minimum atomic E-state index is -1.44. The zero-order valence-corrected chi connectivity index (χ0v) is 18.4. The summed E-state index contributed by atoms with van der Waals surface area (Å²) in [5.74, 6) is -3.51. The summed E-state index contributed by atoms with van der Waals surface area (Å²) in [5.41, 5.74) is -0.430. The maximum absolute atomic E-state index is 12.7. The number of para-hydroxylation sites is 1. The Hall–Kier alpha value is -3.80. The first kappa shape index (κ1) is 23.9. The molecule has 0 spiro atoms. The number of β-lactam (4-membered cyclic amide) rings is 1. The van der Waals surface area contributed by atoms with Crippen LogP contribution in [0.5, 0.6) is 5.75 Å². The van der Waals surface area contributed by atoms with Crippen molar-refractivity contribution in [3.05, 3.63) is 52.8 Å². The van der Waals surface area contributed by atoms with Crippen LogP contribution < -0.4 is 10.1 Å². The van der Waals surface area contributed by atoms with Gasteiger partial charge in [-0.15, -0.1) is 0 Å². The molecule has 0 aromatic heterocycles. The highest BCUT2D eigenvalue weighted by Gasteiger charge is 2.55. The highest BCUT2D eigenvalue weighted by Crippen LogP contribution is 2.46. The number of fused-ring (bicyclic) bond motifs is 1. The van der Waals surface area contributed by atoms with E-state index >= 15 is 0 Å². The van der Waals surface area contributed by atoms with E-state index in [1.807, 2.05) is 0 Å². The molecule has 0 bridgehead atoms. The molecule has 12 heteroatoms. The van der Waals surface area contributed by atoms with E-state index < -0.39 is 53.4 Å². The summed E-state index contributed by atoms with van der Waals surface area (Å²) in [5, 5.41) is 11.5. The van der Waals surface area contributed by atoms with Crippen LogP contribution >= 0.6 is 11.8 Å². The molecule has 0 aliphatic carbocycles. The molecule has 11 nitrogen and oxygen atoms in total. The number of carbonyl (C=O) groups is 5. The van der Waals surface area contributed by atoms with E-state index in [0.717, 1.165) is 36.8 Å². The summed E-state index contributed by atoms with van der Waals surface area (Å²) in [6.45, 7) is 1.51. The van der Waals surface area contributed by atoms with Crippen LogP contribution in [0.15, 0.2) is 52.8 Å². The Kier molecular flexibility index (Phi) is 7.38. The fourth-order valence-corrected chi connectivity index (χ4v) is 4.38. The Morgan fingerprint density at radius 3 is 2.45 bits per heavy atom. The Morgan fingerprint density at radius 2 is 1.85 bits per heavy atom. The largest absolute Gasteiger partial charge is 0.484 e. The van der Waals surface area contributed by atoms with Crippen molar-refractivity contribution in [3.8, 4) is 5.75 Å². The topological polar surface area (TPSA) is 149 Å². The van der Waals surface area contributed by atoms with Crippen LogP contribution in [0.3, 0.4) is 0 Å². The zero-order chi connectivity index (χ0) is 24.1. The van der Waals surface area contributed by atoms with Gasteiger partial charge in [-0.25, -0.2) is 4.79 Å². The van der Waals surface area contributed by atoms with Gasteiger partial charge in [0.15, 0.2) is 6.61 Å². The van der Waals surface area contributed by atoms with Gasteiger partial charge in [-0.1, -0.05) is 30.0 Å². The number of aliphatic carboxylic acids is 1. The van der Waals surface area contributed by atoms with Gasteiger partial charge in [0.05, 0.1) is 4.91 Å². The molecule has 2 amide bonds. The molecule has 2 N–H and O–H groups in total. The van der Waals surface area contributed by atoms with E-state index in [4.69, 9.17) is 14.2 Å². The summed E-state index contributed by atoms with van der Waals surface area (Å²) >= 11 is 0.993. The second-order valence-corrected chi connectivity index (χ2v) is 8.03. The summed E-state index contributed by atoms with van der Waals surface area (Å²) < 4.78 is 15.2. The lowest BCUT2D eigenvalue weighted by Crippen LogP contribution is -2.70. The van der Waals surface area contributed by atoms with Crippen LogP contribution in [0.4, 0.5) is 0 Å². The van der Waals surface area contributed by atoms with Gasteiger partial charge in [0.2, 0.25) is 0 Å². The minimum Gasteiger partial charge on any atom is -0.484 e. The molecule has 2 heterocycles. The average molecular weight is 476 g/mol.